The average molecular weight is 358 g/mol. The second-order valence-corrected chi connectivity index (χ2v) is 8.30. The lowest BCUT2D eigenvalue weighted by atomic mass is 9.94. The SMILES string of the molecule is COc1cc(C2CC2)c(C2CC2)nc1C(=O)N[C@@](C)(CC1CC1)C(=O)O. The molecule has 1 aromatic rings. The summed E-state index contributed by atoms with van der Waals surface area (Å²) in [6.07, 6.45) is 7.04. The monoisotopic (exact) mass is 358 g/mol. The van der Waals surface area contributed by atoms with Crippen molar-refractivity contribution in [3.63, 3.8) is 0 Å². The molecule has 0 spiro atoms. The number of aliphatic carboxylic acids is 1. The first-order valence-electron chi connectivity index (χ1n) is 9.56. The van der Waals surface area contributed by atoms with Crippen LogP contribution < -0.4 is 10.1 Å². The fourth-order valence-electron chi connectivity index (χ4n) is 3.65. The van der Waals surface area contributed by atoms with Crippen LogP contribution in [0.2, 0.25) is 0 Å². The van der Waals surface area contributed by atoms with Gasteiger partial charge in [0.15, 0.2) is 11.4 Å². The van der Waals surface area contributed by atoms with Gasteiger partial charge in [-0.3, -0.25) is 4.79 Å². The van der Waals surface area contributed by atoms with Crippen LogP contribution in [0, 0.1) is 5.92 Å². The largest absolute Gasteiger partial charge is 0.494 e. The number of hydrogen-bond donors (Lipinski definition) is 2. The molecule has 3 fully saturated rings. The Labute approximate surface area is 153 Å². The Morgan fingerprint density at radius 1 is 1.23 bits per heavy atom. The maximum Gasteiger partial charge on any atom is 0.329 e. The molecule has 0 radical (unpaired) electrons. The van der Waals surface area contributed by atoms with Crippen molar-refractivity contribution in [2.24, 2.45) is 5.92 Å². The Balaban J connectivity index is 1.63. The Morgan fingerprint density at radius 3 is 2.38 bits per heavy atom. The number of aromatic nitrogens is 1. The Morgan fingerprint density at radius 2 is 1.88 bits per heavy atom. The van der Waals surface area contributed by atoms with Crippen LogP contribution in [-0.4, -0.2) is 34.6 Å². The van der Waals surface area contributed by atoms with E-state index in [9.17, 15) is 14.7 Å². The van der Waals surface area contributed by atoms with Gasteiger partial charge in [-0.2, -0.15) is 0 Å². The van der Waals surface area contributed by atoms with E-state index in [-0.39, 0.29) is 5.69 Å². The predicted molar refractivity (Wildman–Crippen MR) is 95.6 cm³/mol. The smallest absolute Gasteiger partial charge is 0.329 e. The van der Waals surface area contributed by atoms with Crippen LogP contribution >= 0.6 is 0 Å². The van der Waals surface area contributed by atoms with Crippen LogP contribution in [0.4, 0.5) is 0 Å². The number of carboxylic acid groups (broad SMARTS) is 1. The molecule has 0 saturated heterocycles. The molecule has 3 aliphatic rings. The number of pyridine rings is 1. The molecule has 140 valence electrons. The van der Waals surface area contributed by atoms with E-state index in [1.165, 1.54) is 12.7 Å². The third kappa shape index (κ3) is 3.41. The van der Waals surface area contributed by atoms with Crippen molar-refractivity contribution in [1.29, 1.82) is 0 Å². The van der Waals surface area contributed by atoms with Crippen molar-refractivity contribution >= 4 is 11.9 Å². The summed E-state index contributed by atoms with van der Waals surface area (Å²) in [5.41, 5.74) is 1.15. The third-order valence-corrected chi connectivity index (χ3v) is 5.72. The summed E-state index contributed by atoms with van der Waals surface area (Å²) >= 11 is 0. The summed E-state index contributed by atoms with van der Waals surface area (Å²) in [6, 6.07) is 1.95. The Kier molecular flexibility index (Phi) is 4.16. The van der Waals surface area contributed by atoms with Gasteiger partial charge in [0.1, 0.15) is 5.54 Å². The van der Waals surface area contributed by atoms with Gasteiger partial charge in [0, 0.05) is 11.6 Å². The average Bonchev–Trinajstić information content (AvgIpc) is 3.47. The molecule has 0 aromatic carbocycles. The summed E-state index contributed by atoms with van der Waals surface area (Å²) < 4.78 is 5.44. The maximum absolute atomic E-state index is 12.9. The van der Waals surface area contributed by atoms with E-state index in [4.69, 9.17) is 4.74 Å². The molecule has 3 aliphatic carbocycles. The highest BCUT2D eigenvalue weighted by Gasteiger charge is 2.42. The van der Waals surface area contributed by atoms with Crippen molar-refractivity contribution in [1.82, 2.24) is 10.3 Å². The van der Waals surface area contributed by atoms with E-state index in [2.05, 4.69) is 10.3 Å². The number of carbonyl (C=O) groups excluding carboxylic acids is 1. The first kappa shape index (κ1) is 17.3. The lowest BCUT2D eigenvalue weighted by molar-refractivity contribution is -0.144. The molecule has 3 saturated carbocycles. The van der Waals surface area contributed by atoms with E-state index in [0.29, 0.717) is 29.9 Å². The van der Waals surface area contributed by atoms with E-state index in [1.807, 2.05) is 6.07 Å². The fourth-order valence-corrected chi connectivity index (χ4v) is 3.65. The molecule has 0 bridgehead atoms. The topological polar surface area (TPSA) is 88.5 Å². The molecular formula is C20H26N2O4. The number of amides is 1. The van der Waals surface area contributed by atoms with Gasteiger partial charge >= 0.3 is 5.97 Å². The first-order chi connectivity index (χ1) is 12.4. The molecule has 6 heteroatoms. The van der Waals surface area contributed by atoms with Crippen molar-refractivity contribution in [3.8, 4) is 5.75 Å². The second-order valence-electron chi connectivity index (χ2n) is 8.30. The minimum atomic E-state index is -1.28. The normalized spacial score (nSPS) is 21.8. The van der Waals surface area contributed by atoms with Crippen LogP contribution in [0.1, 0.15) is 85.5 Å². The minimum Gasteiger partial charge on any atom is -0.494 e. The van der Waals surface area contributed by atoms with Crippen molar-refractivity contribution in [2.75, 3.05) is 7.11 Å². The van der Waals surface area contributed by atoms with Gasteiger partial charge in [-0.25, -0.2) is 9.78 Å². The third-order valence-electron chi connectivity index (χ3n) is 5.72. The van der Waals surface area contributed by atoms with Crippen LogP contribution in [-0.2, 0) is 4.79 Å². The number of nitrogens with zero attached hydrogens (tertiary/aromatic N) is 1. The molecule has 4 rings (SSSR count). The minimum absolute atomic E-state index is 0.210. The van der Waals surface area contributed by atoms with Gasteiger partial charge in [-0.15, -0.1) is 0 Å². The quantitative estimate of drug-likeness (QED) is 0.745. The molecular weight excluding hydrogens is 332 g/mol. The number of hydrogen-bond acceptors (Lipinski definition) is 4. The molecule has 0 aliphatic heterocycles. The number of carboxylic acids is 1. The van der Waals surface area contributed by atoms with Crippen molar-refractivity contribution in [3.05, 3.63) is 23.0 Å². The molecule has 1 atom stereocenters. The highest BCUT2D eigenvalue weighted by Crippen LogP contribution is 2.49. The van der Waals surface area contributed by atoms with Crippen LogP contribution in [0.15, 0.2) is 6.07 Å². The number of rotatable bonds is 8. The van der Waals surface area contributed by atoms with E-state index in [1.54, 1.807) is 6.92 Å². The molecule has 26 heavy (non-hydrogen) atoms. The summed E-state index contributed by atoms with van der Waals surface area (Å²) in [5.74, 6) is 0.313. The molecule has 6 nitrogen and oxygen atoms in total. The number of ether oxygens (including phenoxy) is 1. The Bertz CT molecular complexity index is 750. The van der Waals surface area contributed by atoms with Gasteiger partial charge in [0.05, 0.1) is 7.11 Å². The number of methoxy groups -OCH3 is 1. The maximum atomic E-state index is 12.9. The highest BCUT2D eigenvalue weighted by atomic mass is 16.5. The zero-order valence-electron chi connectivity index (χ0n) is 15.4. The predicted octanol–water partition coefficient (Wildman–Crippen LogP) is 3.22. The van der Waals surface area contributed by atoms with Crippen LogP contribution in [0.3, 0.4) is 0 Å². The van der Waals surface area contributed by atoms with Crippen LogP contribution in [0.5, 0.6) is 5.75 Å². The van der Waals surface area contributed by atoms with Crippen molar-refractivity contribution in [2.45, 2.75) is 69.2 Å². The zero-order valence-corrected chi connectivity index (χ0v) is 15.4. The molecule has 1 heterocycles. The lowest BCUT2D eigenvalue weighted by Gasteiger charge is -2.26. The van der Waals surface area contributed by atoms with Gasteiger partial charge in [0.2, 0.25) is 0 Å². The van der Waals surface area contributed by atoms with Gasteiger partial charge in [-0.1, -0.05) is 12.8 Å². The number of carbonyl (C=O) groups is 2. The summed E-state index contributed by atoms with van der Waals surface area (Å²) in [4.78, 5) is 29.4. The van der Waals surface area contributed by atoms with E-state index >= 15 is 0 Å². The first-order valence-corrected chi connectivity index (χ1v) is 9.56. The molecule has 1 aromatic heterocycles. The fraction of sp³-hybridized carbons (Fsp3) is 0.650. The van der Waals surface area contributed by atoms with Gasteiger partial charge in [-0.05, 0) is 62.5 Å². The van der Waals surface area contributed by atoms with E-state index in [0.717, 1.165) is 44.2 Å². The summed E-state index contributed by atoms with van der Waals surface area (Å²) in [5, 5.41) is 12.4. The molecule has 0 unspecified atom stereocenters. The molecule has 2 N–H and O–H groups in total. The molecule has 1 amide bonds. The standard InChI is InChI=1S/C20H26N2O4/c1-20(19(24)25,10-11-3-4-11)22-18(23)17-15(26-2)9-14(12-5-6-12)16(21-17)13-7-8-13/h9,11-13H,3-8,10H2,1-2H3,(H,22,23)(H,24,25)/t20-/m0/s1. The number of nitrogens with one attached hydrogen (secondary N) is 1. The van der Waals surface area contributed by atoms with E-state index < -0.39 is 17.4 Å². The summed E-state index contributed by atoms with van der Waals surface area (Å²) in [6.45, 7) is 1.58. The highest BCUT2D eigenvalue weighted by molar-refractivity contribution is 5.98. The van der Waals surface area contributed by atoms with Crippen molar-refractivity contribution < 1.29 is 19.4 Å². The summed E-state index contributed by atoms with van der Waals surface area (Å²) in [7, 11) is 1.53. The second kappa shape index (κ2) is 6.25. The zero-order chi connectivity index (χ0) is 18.5. The van der Waals surface area contributed by atoms with Gasteiger partial charge in [0.25, 0.3) is 5.91 Å². The van der Waals surface area contributed by atoms with Crippen LogP contribution in [0.25, 0.3) is 0 Å². The van der Waals surface area contributed by atoms with Gasteiger partial charge < -0.3 is 15.2 Å². The Hall–Kier alpha value is -2.11. The lowest BCUT2D eigenvalue weighted by Crippen LogP contribution is -2.52.